The molecule has 0 aliphatic heterocycles. The number of rotatable bonds is 5. The second kappa shape index (κ2) is 6.13. The zero-order valence-electron chi connectivity index (χ0n) is 11.4. The largest absolute Gasteiger partial charge is 0.487 e. The third-order valence-electron chi connectivity index (χ3n) is 2.86. The number of ether oxygens (including phenoxy) is 1. The van der Waals surface area contributed by atoms with E-state index in [1.54, 1.807) is 18.7 Å². The van der Waals surface area contributed by atoms with Crippen LogP contribution >= 0.6 is 0 Å². The topological polar surface area (TPSA) is 59.9 Å². The van der Waals surface area contributed by atoms with Crippen LogP contribution in [0.25, 0.3) is 0 Å². The summed E-state index contributed by atoms with van der Waals surface area (Å²) in [5, 5.41) is 3.28. The van der Waals surface area contributed by atoms with Crippen molar-refractivity contribution < 1.29 is 4.74 Å². The molecule has 0 saturated carbocycles. The highest BCUT2D eigenvalue weighted by Gasteiger charge is 2.07. The molecule has 100 valence electrons. The molecular weight excluding hydrogens is 240 g/mol. The van der Waals surface area contributed by atoms with Gasteiger partial charge >= 0.3 is 0 Å². The summed E-state index contributed by atoms with van der Waals surface area (Å²) < 4.78 is 5.74. The van der Waals surface area contributed by atoms with Crippen LogP contribution in [-0.2, 0) is 0 Å². The number of aryl methyl sites for hydroxylation is 1. The first kappa shape index (κ1) is 13.3. The van der Waals surface area contributed by atoms with Gasteiger partial charge in [-0.15, -0.1) is 0 Å². The predicted octanol–water partition coefficient (Wildman–Crippen LogP) is 2.37. The highest BCUT2D eigenvalue weighted by atomic mass is 16.5. The fourth-order valence-electron chi connectivity index (χ4n) is 1.65. The van der Waals surface area contributed by atoms with Crippen molar-refractivity contribution in [1.29, 1.82) is 0 Å². The molecule has 0 aliphatic rings. The lowest BCUT2D eigenvalue weighted by molar-refractivity contribution is 0.233. The van der Waals surface area contributed by atoms with Crippen LogP contribution in [0.5, 0.6) is 5.75 Å². The Balaban J connectivity index is 1.90. The SMILES string of the molecule is Cc1ncnc(NC[C@@H](C)Oc2cccnc2)c1C. The van der Waals surface area contributed by atoms with Crippen molar-refractivity contribution in [2.75, 3.05) is 11.9 Å². The van der Waals surface area contributed by atoms with Crippen LogP contribution in [0, 0.1) is 13.8 Å². The summed E-state index contributed by atoms with van der Waals surface area (Å²) >= 11 is 0. The number of anilines is 1. The molecule has 0 fully saturated rings. The standard InChI is InChI=1S/C14H18N4O/c1-10(19-13-5-4-6-15-8-13)7-16-14-11(2)12(3)17-9-18-14/h4-6,8-10H,7H2,1-3H3,(H,16,17,18)/t10-/m1/s1. The lowest BCUT2D eigenvalue weighted by Crippen LogP contribution is -2.23. The molecule has 0 bridgehead atoms. The Bertz CT molecular complexity index is 530. The number of hydrogen-bond donors (Lipinski definition) is 1. The second-order valence-electron chi connectivity index (χ2n) is 4.43. The first-order valence-corrected chi connectivity index (χ1v) is 6.25. The lowest BCUT2D eigenvalue weighted by Gasteiger charge is -2.16. The van der Waals surface area contributed by atoms with Gasteiger partial charge in [0.25, 0.3) is 0 Å². The maximum atomic E-state index is 5.74. The molecule has 19 heavy (non-hydrogen) atoms. The third kappa shape index (κ3) is 3.64. The molecule has 1 N–H and O–H groups in total. The molecular formula is C14H18N4O. The van der Waals surface area contributed by atoms with E-state index in [-0.39, 0.29) is 6.10 Å². The monoisotopic (exact) mass is 258 g/mol. The molecule has 1 atom stereocenters. The molecule has 2 aromatic rings. The van der Waals surface area contributed by atoms with E-state index in [0.29, 0.717) is 6.54 Å². The number of pyridine rings is 1. The van der Waals surface area contributed by atoms with Gasteiger partial charge in [0.1, 0.15) is 24.0 Å². The normalized spacial score (nSPS) is 11.9. The Labute approximate surface area is 113 Å². The number of aromatic nitrogens is 3. The Morgan fingerprint density at radius 2 is 2.16 bits per heavy atom. The van der Waals surface area contributed by atoms with Crippen molar-refractivity contribution in [1.82, 2.24) is 15.0 Å². The highest BCUT2D eigenvalue weighted by molar-refractivity contribution is 5.44. The van der Waals surface area contributed by atoms with Gasteiger partial charge in [0.15, 0.2) is 0 Å². The van der Waals surface area contributed by atoms with Crippen molar-refractivity contribution in [3.63, 3.8) is 0 Å². The van der Waals surface area contributed by atoms with Crippen molar-refractivity contribution in [2.24, 2.45) is 0 Å². The van der Waals surface area contributed by atoms with Crippen molar-refractivity contribution >= 4 is 5.82 Å². The predicted molar refractivity (Wildman–Crippen MR) is 74.3 cm³/mol. The minimum absolute atomic E-state index is 0.0267. The number of nitrogens with zero attached hydrogens (tertiary/aromatic N) is 3. The van der Waals surface area contributed by atoms with Crippen molar-refractivity contribution in [3.05, 3.63) is 42.1 Å². The highest BCUT2D eigenvalue weighted by Crippen LogP contribution is 2.13. The minimum Gasteiger partial charge on any atom is -0.487 e. The van der Waals surface area contributed by atoms with Gasteiger partial charge in [-0.1, -0.05) is 0 Å². The van der Waals surface area contributed by atoms with Crippen LogP contribution < -0.4 is 10.1 Å². The molecule has 2 heterocycles. The van der Waals surface area contributed by atoms with Gasteiger partial charge in [0.2, 0.25) is 0 Å². The van der Waals surface area contributed by atoms with Crippen LogP contribution in [0.4, 0.5) is 5.82 Å². The Morgan fingerprint density at radius 3 is 2.89 bits per heavy atom. The van der Waals surface area contributed by atoms with Gasteiger partial charge < -0.3 is 10.1 Å². The fraction of sp³-hybridized carbons (Fsp3) is 0.357. The zero-order chi connectivity index (χ0) is 13.7. The summed E-state index contributed by atoms with van der Waals surface area (Å²) in [5.74, 6) is 1.63. The van der Waals surface area contributed by atoms with Crippen LogP contribution in [0.3, 0.4) is 0 Å². The summed E-state index contributed by atoms with van der Waals surface area (Å²) in [4.78, 5) is 12.4. The molecule has 0 amide bonds. The van der Waals surface area contributed by atoms with Crippen LogP contribution in [0.1, 0.15) is 18.2 Å². The van der Waals surface area contributed by atoms with Crippen LogP contribution in [0.15, 0.2) is 30.9 Å². The van der Waals surface area contributed by atoms with E-state index >= 15 is 0 Å². The summed E-state index contributed by atoms with van der Waals surface area (Å²) in [6, 6.07) is 3.75. The third-order valence-corrected chi connectivity index (χ3v) is 2.86. The quantitative estimate of drug-likeness (QED) is 0.892. The van der Waals surface area contributed by atoms with Crippen molar-refractivity contribution in [3.8, 4) is 5.75 Å². The van der Waals surface area contributed by atoms with E-state index in [4.69, 9.17) is 4.74 Å². The molecule has 0 radical (unpaired) electrons. The lowest BCUT2D eigenvalue weighted by atomic mass is 10.2. The van der Waals surface area contributed by atoms with Crippen LogP contribution in [0.2, 0.25) is 0 Å². The van der Waals surface area contributed by atoms with Gasteiger partial charge in [-0.25, -0.2) is 9.97 Å². The molecule has 0 aromatic carbocycles. The average molecular weight is 258 g/mol. The minimum atomic E-state index is 0.0267. The summed E-state index contributed by atoms with van der Waals surface area (Å²) in [6.45, 7) is 6.65. The Kier molecular flexibility index (Phi) is 4.28. The van der Waals surface area contributed by atoms with E-state index in [0.717, 1.165) is 22.8 Å². The average Bonchev–Trinajstić information content (AvgIpc) is 2.42. The molecule has 0 aliphatic carbocycles. The van der Waals surface area contributed by atoms with Gasteiger partial charge in [-0.05, 0) is 32.9 Å². The summed E-state index contributed by atoms with van der Waals surface area (Å²) in [6.07, 6.45) is 5.02. The number of hydrogen-bond acceptors (Lipinski definition) is 5. The second-order valence-corrected chi connectivity index (χ2v) is 4.43. The smallest absolute Gasteiger partial charge is 0.138 e. The number of nitrogens with one attached hydrogen (secondary N) is 1. The fourth-order valence-corrected chi connectivity index (χ4v) is 1.65. The molecule has 5 nitrogen and oxygen atoms in total. The van der Waals surface area contributed by atoms with Crippen molar-refractivity contribution in [2.45, 2.75) is 26.9 Å². The van der Waals surface area contributed by atoms with Gasteiger partial charge in [-0.3, -0.25) is 4.98 Å². The molecule has 0 unspecified atom stereocenters. The molecule has 2 aromatic heterocycles. The van der Waals surface area contributed by atoms with Gasteiger partial charge in [0, 0.05) is 17.5 Å². The molecule has 2 rings (SSSR count). The first-order valence-electron chi connectivity index (χ1n) is 6.25. The summed E-state index contributed by atoms with van der Waals surface area (Å²) in [7, 11) is 0. The maximum absolute atomic E-state index is 5.74. The van der Waals surface area contributed by atoms with Crippen LogP contribution in [-0.4, -0.2) is 27.6 Å². The first-order chi connectivity index (χ1) is 9.16. The van der Waals surface area contributed by atoms with E-state index in [2.05, 4.69) is 20.3 Å². The Hall–Kier alpha value is -2.17. The maximum Gasteiger partial charge on any atom is 0.138 e. The van der Waals surface area contributed by atoms with Gasteiger partial charge in [-0.2, -0.15) is 0 Å². The van der Waals surface area contributed by atoms with E-state index in [9.17, 15) is 0 Å². The molecule has 0 saturated heterocycles. The zero-order valence-corrected chi connectivity index (χ0v) is 11.4. The van der Waals surface area contributed by atoms with Gasteiger partial charge in [0.05, 0.1) is 12.7 Å². The van der Waals surface area contributed by atoms with E-state index in [1.807, 2.05) is 32.9 Å². The van der Waals surface area contributed by atoms with E-state index < -0.39 is 0 Å². The Morgan fingerprint density at radius 1 is 1.32 bits per heavy atom. The molecule has 0 spiro atoms. The molecule has 5 heteroatoms. The van der Waals surface area contributed by atoms with E-state index in [1.165, 1.54) is 0 Å². The summed E-state index contributed by atoms with van der Waals surface area (Å²) in [5.41, 5.74) is 2.05.